The van der Waals surface area contributed by atoms with Crippen LogP contribution in [-0.2, 0) is 9.47 Å². The Labute approximate surface area is 306 Å². The minimum absolute atomic E-state index is 0.0258. The lowest BCUT2D eigenvalue weighted by molar-refractivity contribution is -0.337. The van der Waals surface area contributed by atoms with Crippen LogP contribution in [0.1, 0.15) is 29.7 Å². The van der Waals surface area contributed by atoms with Crippen molar-refractivity contribution in [1.82, 2.24) is 9.38 Å². The van der Waals surface area contributed by atoms with E-state index in [1.165, 1.54) is 12.1 Å². The first-order chi connectivity index (χ1) is 25.7. The summed E-state index contributed by atoms with van der Waals surface area (Å²) < 4.78 is 31.8. The van der Waals surface area contributed by atoms with Crippen LogP contribution in [0.15, 0.2) is 101 Å². The number of anilines is 3. The molecule has 53 heavy (non-hydrogen) atoms. The van der Waals surface area contributed by atoms with Crippen LogP contribution in [0.5, 0.6) is 11.5 Å². The molecule has 0 aliphatic carbocycles. The van der Waals surface area contributed by atoms with Gasteiger partial charge in [0.25, 0.3) is 0 Å². The fourth-order valence-corrected chi connectivity index (χ4v) is 6.71. The van der Waals surface area contributed by atoms with Gasteiger partial charge in [0.05, 0.1) is 63.3 Å². The largest absolute Gasteiger partial charge is 0.455 e. The molecule has 2 fully saturated rings. The van der Waals surface area contributed by atoms with Gasteiger partial charge in [-0.2, -0.15) is 4.40 Å². The summed E-state index contributed by atoms with van der Waals surface area (Å²) in [5.41, 5.74) is 5.21. The molecular formula is C41H44FN6O5+. The van der Waals surface area contributed by atoms with Crippen LogP contribution in [0.4, 0.5) is 21.7 Å². The number of benzene rings is 3. The average molecular weight is 720 g/mol. The zero-order valence-electron chi connectivity index (χ0n) is 30.2. The van der Waals surface area contributed by atoms with Crippen molar-refractivity contribution in [2.24, 2.45) is 0 Å². The van der Waals surface area contributed by atoms with E-state index < -0.39 is 0 Å². The van der Waals surface area contributed by atoms with Gasteiger partial charge in [0.15, 0.2) is 11.2 Å². The van der Waals surface area contributed by atoms with Crippen LogP contribution in [-0.4, -0.2) is 62.0 Å². The second kappa shape index (κ2) is 15.9. The van der Waals surface area contributed by atoms with Gasteiger partial charge in [-0.25, -0.2) is 9.37 Å². The standard InChI is InChI=1S/C21H24N4O2.C20H19FN2O3/c1-15-12-18(16(2)22-17-6-4-3-5-7-17)21-23-19(13-20(26)25(21)14-15)24-8-10-27-11-9-24;1-13-11-14(21)5-6-17(13)26-18-4-2-3-15-16(24)12-19(22-20(15)18)23-7-9-25-10-8-23/h3-7,12-14,16,22H,8-11H2,1-2H3;2-6,11-12H,7-10H2,1H3,(H,22,24)/p+1. The number of hydrogen-bond donors (Lipinski definition) is 2. The number of nitrogens with zero attached hydrogens (tertiary/aromatic N) is 3. The summed E-state index contributed by atoms with van der Waals surface area (Å²) in [5.74, 6) is 2.37. The van der Waals surface area contributed by atoms with Crippen molar-refractivity contribution in [1.29, 1.82) is 0 Å². The van der Waals surface area contributed by atoms with Gasteiger partial charge in [-0.3, -0.25) is 14.5 Å². The van der Waals surface area contributed by atoms with Crippen LogP contribution in [0, 0.1) is 19.7 Å². The molecule has 2 aliphatic rings. The number of hydrogen-bond acceptors (Lipinski definition) is 8. The maximum atomic E-state index is 13.3. The minimum atomic E-state index is -0.309. The first kappa shape index (κ1) is 35.7. The molecule has 1 unspecified atom stereocenters. The molecule has 2 aliphatic heterocycles. The Kier molecular flexibility index (Phi) is 10.7. The number of morpholine rings is 2. The Balaban J connectivity index is 0.000000164. The topological polar surface area (TPSA) is 115 Å². The van der Waals surface area contributed by atoms with Gasteiger partial charge in [-0.05, 0) is 80.4 Å². The smallest absolute Gasteiger partial charge is 0.317 e. The van der Waals surface area contributed by atoms with Gasteiger partial charge in [0, 0.05) is 35.8 Å². The Morgan fingerprint density at radius 2 is 1.55 bits per heavy atom. The molecule has 0 amide bonds. The molecule has 0 radical (unpaired) electrons. The second-order valence-electron chi connectivity index (χ2n) is 13.3. The third kappa shape index (κ3) is 8.19. The van der Waals surface area contributed by atoms with Gasteiger partial charge in [0.2, 0.25) is 11.5 Å². The molecule has 3 aromatic carbocycles. The lowest BCUT2D eigenvalue weighted by Crippen LogP contribution is -2.41. The number of fused-ring (bicyclic) bond motifs is 2. The Hall–Kier alpha value is -5.72. The molecule has 0 spiro atoms. The lowest BCUT2D eigenvalue weighted by atomic mass is 10.1. The highest BCUT2D eigenvalue weighted by atomic mass is 19.1. The number of aryl methyl sites for hydroxylation is 2. The Morgan fingerprint density at radius 3 is 2.26 bits per heavy atom. The number of aromatic nitrogens is 3. The molecule has 12 heteroatoms. The number of ether oxygens (including phenoxy) is 3. The highest BCUT2D eigenvalue weighted by Crippen LogP contribution is 2.31. The van der Waals surface area contributed by atoms with Crippen molar-refractivity contribution >= 4 is 33.9 Å². The van der Waals surface area contributed by atoms with Crippen molar-refractivity contribution < 1.29 is 23.6 Å². The first-order valence-electron chi connectivity index (χ1n) is 17.9. The van der Waals surface area contributed by atoms with Crippen LogP contribution < -0.4 is 35.8 Å². The molecule has 5 heterocycles. The number of para-hydroxylation sites is 2. The van der Waals surface area contributed by atoms with E-state index in [2.05, 4.69) is 38.1 Å². The quantitative estimate of drug-likeness (QED) is 0.206. The molecule has 3 aromatic heterocycles. The van der Waals surface area contributed by atoms with E-state index in [1.807, 2.05) is 43.5 Å². The van der Waals surface area contributed by atoms with Crippen molar-refractivity contribution in [2.75, 3.05) is 67.7 Å². The molecule has 0 saturated carbocycles. The summed E-state index contributed by atoms with van der Waals surface area (Å²) in [6.07, 6.45) is 1.88. The molecule has 11 nitrogen and oxygen atoms in total. The first-order valence-corrected chi connectivity index (χ1v) is 17.9. The third-order valence-corrected chi connectivity index (χ3v) is 9.47. The molecule has 274 valence electrons. The number of H-pyrrole nitrogens is 2. The lowest BCUT2D eigenvalue weighted by Gasteiger charge is -2.28. The van der Waals surface area contributed by atoms with Crippen molar-refractivity contribution in [3.05, 3.63) is 134 Å². The Bertz CT molecular complexity index is 2330. The van der Waals surface area contributed by atoms with E-state index in [0.717, 1.165) is 60.3 Å². The van der Waals surface area contributed by atoms with E-state index in [4.69, 9.17) is 14.2 Å². The van der Waals surface area contributed by atoms with E-state index >= 15 is 0 Å². The fraction of sp³-hybridized carbons (Fsp3) is 0.293. The van der Waals surface area contributed by atoms with E-state index in [1.54, 1.807) is 47.7 Å². The molecule has 1 atom stereocenters. The minimum Gasteiger partial charge on any atom is -0.455 e. The van der Waals surface area contributed by atoms with Gasteiger partial charge in [-0.1, -0.05) is 24.3 Å². The SMILES string of the molecule is Cc1cc(C(C)Nc2ccccc2)c2[nH+]c(N3CCOCC3)cc(=O)n2c1.Cc1cc(F)ccc1Oc1cccc2c(=O)cc(N3CCOCC3)[nH]c12. The highest BCUT2D eigenvalue weighted by Gasteiger charge is 2.23. The van der Waals surface area contributed by atoms with Crippen LogP contribution in [0.2, 0.25) is 0 Å². The summed E-state index contributed by atoms with van der Waals surface area (Å²) >= 11 is 0. The van der Waals surface area contributed by atoms with Gasteiger partial charge >= 0.3 is 5.56 Å². The van der Waals surface area contributed by atoms with Crippen LogP contribution in [0.3, 0.4) is 0 Å². The summed E-state index contributed by atoms with van der Waals surface area (Å²) in [6.45, 7) is 11.5. The Morgan fingerprint density at radius 1 is 0.830 bits per heavy atom. The fourth-order valence-electron chi connectivity index (χ4n) is 6.71. The summed E-state index contributed by atoms with van der Waals surface area (Å²) in [5, 5.41) is 4.08. The van der Waals surface area contributed by atoms with Crippen molar-refractivity contribution in [2.45, 2.75) is 26.8 Å². The summed E-state index contributed by atoms with van der Waals surface area (Å²) in [4.78, 5) is 36.4. The summed E-state index contributed by atoms with van der Waals surface area (Å²) in [7, 11) is 0. The molecule has 8 rings (SSSR count). The van der Waals surface area contributed by atoms with Crippen molar-refractivity contribution in [3.8, 4) is 11.5 Å². The van der Waals surface area contributed by atoms with E-state index in [-0.39, 0.29) is 22.8 Å². The maximum Gasteiger partial charge on any atom is 0.317 e. The molecule has 0 bridgehead atoms. The molecule has 6 aromatic rings. The zero-order valence-corrected chi connectivity index (χ0v) is 30.2. The number of halogens is 1. The van der Waals surface area contributed by atoms with Crippen LogP contribution in [0.25, 0.3) is 16.6 Å². The molecule has 3 N–H and O–H groups in total. The monoisotopic (exact) mass is 719 g/mol. The van der Waals surface area contributed by atoms with E-state index in [0.29, 0.717) is 54.4 Å². The van der Waals surface area contributed by atoms with E-state index in [9.17, 15) is 14.0 Å². The number of rotatable bonds is 7. The zero-order chi connectivity index (χ0) is 36.9. The number of nitrogens with one attached hydrogen (secondary N) is 3. The summed E-state index contributed by atoms with van der Waals surface area (Å²) in [6, 6.07) is 25.3. The normalized spacial score (nSPS) is 15.2. The van der Waals surface area contributed by atoms with Crippen molar-refractivity contribution in [3.63, 3.8) is 0 Å². The van der Waals surface area contributed by atoms with Crippen LogP contribution >= 0.6 is 0 Å². The predicted molar refractivity (Wildman–Crippen MR) is 205 cm³/mol. The number of aromatic amines is 2. The van der Waals surface area contributed by atoms with Gasteiger partial charge < -0.3 is 29.4 Å². The second-order valence-corrected chi connectivity index (χ2v) is 13.3. The average Bonchev–Trinajstić information content (AvgIpc) is 3.17. The van der Waals surface area contributed by atoms with Gasteiger partial charge in [0.1, 0.15) is 17.4 Å². The maximum absolute atomic E-state index is 13.3. The third-order valence-electron chi connectivity index (χ3n) is 9.47. The molecular weight excluding hydrogens is 675 g/mol. The van der Waals surface area contributed by atoms with Gasteiger partial charge in [-0.15, -0.1) is 0 Å². The highest BCUT2D eigenvalue weighted by molar-refractivity contribution is 5.86. The predicted octanol–water partition coefficient (Wildman–Crippen LogP) is 6.04. The number of pyridine rings is 2. The molecule has 2 saturated heterocycles.